The first-order valence-corrected chi connectivity index (χ1v) is 8.36. The highest BCUT2D eigenvalue weighted by atomic mass is 16.2. The van der Waals surface area contributed by atoms with Crippen LogP contribution in [-0.4, -0.2) is 46.9 Å². The summed E-state index contributed by atoms with van der Waals surface area (Å²) in [6.45, 7) is 4.64. The molecule has 2 heterocycles. The van der Waals surface area contributed by atoms with E-state index in [1.54, 1.807) is 10.9 Å². The van der Waals surface area contributed by atoms with Gasteiger partial charge in [0.1, 0.15) is 6.07 Å². The Labute approximate surface area is 147 Å². The van der Waals surface area contributed by atoms with Gasteiger partial charge in [-0.3, -0.25) is 4.68 Å². The summed E-state index contributed by atoms with van der Waals surface area (Å²) in [5, 5.41) is 16.4. The smallest absolute Gasteiger partial charge is 0.317 e. The lowest BCUT2D eigenvalue weighted by molar-refractivity contribution is 0.191. The fourth-order valence-corrected chi connectivity index (χ4v) is 3.02. The maximum atomic E-state index is 12.5. The SMILES string of the molecule is C[C@H](NC(=O)N1CCN(c2ccccc2C#N)CC1)c1cnn(C)c1. The molecular weight excluding hydrogens is 316 g/mol. The first-order chi connectivity index (χ1) is 12.1. The van der Waals surface area contributed by atoms with Crippen molar-refractivity contribution in [1.82, 2.24) is 20.0 Å². The number of benzene rings is 1. The van der Waals surface area contributed by atoms with Crippen molar-refractivity contribution in [2.75, 3.05) is 31.1 Å². The zero-order chi connectivity index (χ0) is 17.8. The lowest BCUT2D eigenvalue weighted by Crippen LogP contribution is -2.52. The Morgan fingerprint density at radius 2 is 2.00 bits per heavy atom. The number of hydrogen-bond donors (Lipinski definition) is 1. The molecule has 1 fully saturated rings. The van der Waals surface area contributed by atoms with Crippen molar-refractivity contribution in [3.63, 3.8) is 0 Å². The molecule has 1 N–H and O–H groups in total. The molecular formula is C18H22N6O. The van der Waals surface area contributed by atoms with Gasteiger partial charge in [-0.05, 0) is 19.1 Å². The molecule has 1 aromatic heterocycles. The number of aryl methyl sites for hydroxylation is 1. The summed E-state index contributed by atoms with van der Waals surface area (Å²) in [7, 11) is 1.86. The topological polar surface area (TPSA) is 77.2 Å². The van der Waals surface area contributed by atoms with E-state index < -0.39 is 0 Å². The van der Waals surface area contributed by atoms with E-state index >= 15 is 0 Å². The second kappa shape index (κ2) is 7.26. The lowest BCUT2D eigenvalue weighted by atomic mass is 10.1. The third-order valence-electron chi connectivity index (χ3n) is 4.50. The highest BCUT2D eigenvalue weighted by Gasteiger charge is 2.23. The minimum atomic E-state index is -0.0847. The molecule has 1 atom stereocenters. The Morgan fingerprint density at radius 1 is 1.28 bits per heavy atom. The number of nitrogens with one attached hydrogen (secondary N) is 1. The summed E-state index contributed by atoms with van der Waals surface area (Å²) in [5.41, 5.74) is 2.59. The van der Waals surface area contributed by atoms with E-state index in [2.05, 4.69) is 21.4 Å². The van der Waals surface area contributed by atoms with Crippen molar-refractivity contribution < 1.29 is 4.79 Å². The molecule has 2 amide bonds. The third-order valence-corrected chi connectivity index (χ3v) is 4.50. The molecule has 1 aromatic carbocycles. The van der Waals surface area contributed by atoms with Gasteiger partial charge in [-0.1, -0.05) is 12.1 Å². The van der Waals surface area contributed by atoms with Crippen molar-refractivity contribution in [3.05, 3.63) is 47.8 Å². The number of carbonyl (C=O) groups excluding carboxylic acids is 1. The number of anilines is 1. The van der Waals surface area contributed by atoms with E-state index in [1.807, 2.05) is 49.3 Å². The van der Waals surface area contributed by atoms with E-state index in [4.69, 9.17) is 0 Å². The number of amides is 2. The Bertz CT molecular complexity index is 785. The Kier molecular flexibility index (Phi) is 4.89. The summed E-state index contributed by atoms with van der Waals surface area (Å²) < 4.78 is 1.73. The zero-order valence-corrected chi connectivity index (χ0v) is 14.5. The van der Waals surface area contributed by atoms with Crippen molar-refractivity contribution in [2.24, 2.45) is 7.05 Å². The summed E-state index contributed by atoms with van der Waals surface area (Å²) >= 11 is 0. The second-order valence-corrected chi connectivity index (χ2v) is 6.22. The molecule has 7 nitrogen and oxygen atoms in total. The van der Waals surface area contributed by atoms with Gasteiger partial charge in [0.05, 0.1) is 23.5 Å². The van der Waals surface area contributed by atoms with Crippen molar-refractivity contribution >= 4 is 11.7 Å². The Balaban J connectivity index is 1.57. The maximum Gasteiger partial charge on any atom is 0.317 e. The molecule has 0 aliphatic carbocycles. The molecule has 1 aliphatic rings. The standard InChI is InChI=1S/C18H22N6O/c1-14(16-12-20-22(2)13-16)21-18(25)24-9-7-23(8-10-24)17-6-4-3-5-15(17)11-19/h3-6,12-14H,7-10H2,1-2H3,(H,21,25)/t14-/m0/s1. The Morgan fingerprint density at radius 3 is 2.64 bits per heavy atom. The van der Waals surface area contributed by atoms with Gasteiger partial charge in [-0.25, -0.2) is 4.79 Å². The maximum absolute atomic E-state index is 12.5. The molecule has 1 saturated heterocycles. The molecule has 0 unspecified atom stereocenters. The molecule has 25 heavy (non-hydrogen) atoms. The number of nitrogens with zero attached hydrogens (tertiary/aromatic N) is 5. The number of carbonyl (C=O) groups is 1. The molecule has 0 saturated carbocycles. The van der Waals surface area contributed by atoms with Crippen LogP contribution in [0.15, 0.2) is 36.7 Å². The first kappa shape index (κ1) is 16.8. The summed E-state index contributed by atoms with van der Waals surface area (Å²) in [4.78, 5) is 16.4. The second-order valence-electron chi connectivity index (χ2n) is 6.22. The van der Waals surface area contributed by atoms with Gasteiger partial charge in [-0.2, -0.15) is 10.4 Å². The van der Waals surface area contributed by atoms with E-state index in [0.717, 1.165) is 11.3 Å². The van der Waals surface area contributed by atoms with Crippen LogP contribution in [0.5, 0.6) is 0 Å². The molecule has 0 spiro atoms. The van der Waals surface area contributed by atoms with Crippen molar-refractivity contribution in [3.8, 4) is 6.07 Å². The van der Waals surface area contributed by atoms with E-state index in [1.165, 1.54) is 0 Å². The highest BCUT2D eigenvalue weighted by molar-refractivity contribution is 5.75. The fourth-order valence-electron chi connectivity index (χ4n) is 3.02. The average molecular weight is 338 g/mol. The molecule has 7 heteroatoms. The van der Waals surface area contributed by atoms with Gasteiger partial charge in [0, 0.05) is 45.0 Å². The normalized spacial score (nSPS) is 15.6. The Hall–Kier alpha value is -3.01. The third kappa shape index (κ3) is 3.74. The molecule has 130 valence electrons. The minimum Gasteiger partial charge on any atom is -0.367 e. The predicted octanol–water partition coefficient (Wildman–Crippen LogP) is 1.88. The van der Waals surface area contributed by atoms with Crippen LogP contribution in [0, 0.1) is 11.3 Å². The number of rotatable bonds is 3. The number of nitriles is 1. The van der Waals surface area contributed by atoms with E-state index in [0.29, 0.717) is 31.7 Å². The lowest BCUT2D eigenvalue weighted by Gasteiger charge is -2.36. The van der Waals surface area contributed by atoms with Crippen LogP contribution < -0.4 is 10.2 Å². The van der Waals surface area contributed by atoms with Gasteiger partial charge in [0.25, 0.3) is 0 Å². The first-order valence-electron chi connectivity index (χ1n) is 8.36. The van der Waals surface area contributed by atoms with Crippen LogP contribution in [0.1, 0.15) is 24.1 Å². The van der Waals surface area contributed by atoms with Crippen LogP contribution in [0.4, 0.5) is 10.5 Å². The van der Waals surface area contributed by atoms with Gasteiger partial charge < -0.3 is 15.1 Å². The van der Waals surface area contributed by atoms with E-state index in [-0.39, 0.29) is 12.1 Å². The molecule has 0 radical (unpaired) electrons. The molecule has 2 aromatic rings. The zero-order valence-electron chi connectivity index (χ0n) is 14.5. The average Bonchev–Trinajstić information content (AvgIpc) is 3.08. The van der Waals surface area contributed by atoms with Gasteiger partial charge in [0.15, 0.2) is 0 Å². The fraction of sp³-hybridized carbons (Fsp3) is 0.389. The van der Waals surface area contributed by atoms with Crippen LogP contribution in [-0.2, 0) is 7.05 Å². The number of aromatic nitrogens is 2. The number of hydrogen-bond acceptors (Lipinski definition) is 4. The minimum absolute atomic E-state index is 0.0652. The molecule has 0 bridgehead atoms. The number of para-hydroxylation sites is 1. The number of piperazine rings is 1. The quantitative estimate of drug-likeness (QED) is 0.927. The summed E-state index contributed by atoms with van der Waals surface area (Å²) in [6.07, 6.45) is 3.67. The highest BCUT2D eigenvalue weighted by Crippen LogP contribution is 2.21. The summed E-state index contributed by atoms with van der Waals surface area (Å²) in [5.74, 6) is 0. The largest absolute Gasteiger partial charge is 0.367 e. The van der Waals surface area contributed by atoms with Crippen LogP contribution >= 0.6 is 0 Å². The van der Waals surface area contributed by atoms with Gasteiger partial charge >= 0.3 is 6.03 Å². The molecule has 3 rings (SSSR count). The van der Waals surface area contributed by atoms with Crippen molar-refractivity contribution in [1.29, 1.82) is 5.26 Å². The van der Waals surface area contributed by atoms with E-state index in [9.17, 15) is 10.1 Å². The number of urea groups is 1. The monoisotopic (exact) mass is 338 g/mol. The van der Waals surface area contributed by atoms with Gasteiger partial charge in [-0.15, -0.1) is 0 Å². The predicted molar refractivity (Wildman–Crippen MR) is 95.1 cm³/mol. The van der Waals surface area contributed by atoms with Crippen LogP contribution in [0.3, 0.4) is 0 Å². The van der Waals surface area contributed by atoms with Crippen LogP contribution in [0.25, 0.3) is 0 Å². The van der Waals surface area contributed by atoms with Crippen LogP contribution in [0.2, 0.25) is 0 Å². The summed E-state index contributed by atoms with van der Waals surface area (Å²) in [6, 6.07) is 9.66. The van der Waals surface area contributed by atoms with Gasteiger partial charge in [0.2, 0.25) is 0 Å². The molecule has 1 aliphatic heterocycles. The van der Waals surface area contributed by atoms with Crippen molar-refractivity contribution in [2.45, 2.75) is 13.0 Å².